The van der Waals surface area contributed by atoms with Crippen LogP contribution in [0.15, 0.2) is 0 Å². The number of carboxylic acid groups (broad SMARTS) is 1. The molecule has 0 aromatic rings. The van der Waals surface area contributed by atoms with Gasteiger partial charge in [0.05, 0.1) is 6.42 Å². The lowest BCUT2D eigenvalue weighted by Crippen LogP contribution is -2.33. The van der Waals surface area contributed by atoms with Crippen LogP contribution in [-0.4, -0.2) is 35.6 Å². The van der Waals surface area contributed by atoms with E-state index < -0.39 is 18.6 Å². The fourth-order valence-corrected chi connectivity index (χ4v) is 5.12. The maximum atomic E-state index is 12.5. The van der Waals surface area contributed by atoms with E-state index in [0.717, 1.165) is 50.4 Å². The fourth-order valence-electron chi connectivity index (χ4n) is 5.12. The van der Waals surface area contributed by atoms with Crippen LogP contribution in [0.2, 0.25) is 0 Å². The molecular weight excluding hydrogens is 502 g/mol. The van der Waals surface area contributed by atoms with E-state index >= 15 is 0 Å². The van der Waals surface area contributed by atoms with Gasteiger partial charge in [-0.3, -0.25) is 14.4 Å². The monoisotopic (exact) mass is 567 g/mol. The van der Waals surface area contributed by atoms with Gasteiger partial charge < -0.3 is 15.2 Å². The minimum Gasteiger partial charge on any atom is -0.480 e. The van der Waals surface area contributed by atoms with Crippen LogP contribution in [0.4, 0.5) is 0 Å². The van der Waals surface area contributed by atoms with Gasteiger partial charge in [0.2, 0.25) is 5.91 Å². The lowest BCUT2D eigenvalue weighted by Gasteiger charge is -2.18. The Hall–Kier alpha value is -1.59. The molecule has 0 heterocycles. The molecule has 0 aromatic carbocycles. The van der Waals surface area contributed by atoms with Gasteiger partial charge in [0.1, 0.15) is 12.6 Å². The highest BCUT2D eigenvalue weighted by molar-refractivity contribution is 5.81. The summed E-state index contributed by atoms with van der Waals surface area (Å²) in [6.07, 6.45) is 25.1. The molecule has 0 fully saturated rings. The number of carbonyl (C=O) groups excluding carboxylic acids is 2. The molecule has 1 atom stereocenters. The Bertz CT molecular complexity index is 619. The van der Waals surface area contributed by atoms with Gasteiger partial charge >= 0.3 is 11.9 Å². The Kier molecular flexibility index (Phi) is 26.5. The van der Waals surface area contributed by atoms with Gasteiger partial charge in [-0.15, -0.1) is 0 Å². The Balaban J connectivity index is 4.06. The summed E-state index contributed by atoms with van der Waals surface area (Å²) < 4.78 is 5.68. The van der Waals surface area contributed by atoms with E-state index in [1.165, 1.54) is 89.9 Å². The molecule has 236 valence electrons. The third kappa shape index (κ3) is 29.4. The van der Waals surface area contributed by atoms with Crippen molar-refractivity contribution in [2.75, 3.05) is 6.54 Å². The summed E-state index contributed by atoms with van der Waals surface area (Å²) in [4.78, 5) is 35.4. The lowest BCUT2D eigenvalue weighted by molar-refractivity contribution is -0.151. The second kappa shape index (κ2) is 27.6. The summed E-state index contributed by atoms with van der Waals surface area (Å²) >= 11 is 0. The summed E-state index contributed by atoms with van der Waals surface area (Å²) in [5.74, 6) is -0.0707. The van der Waals surface area contributed by atoms with Crippen LogP contribution in [0.3, 0.4) is 0 Å². The van der Waals surface area contributed by atoms with E-state index in [9.17, 15) is 14.4 Å². The molecule has 0 aliphatic heterocycles. The molecule has 0 aliphatic rings. The summed E-state index contributed by atoms with van der Waals surface area (Å²) in [5, 5.41) is 11.2. The number of ether oxygens (including phenoxy) is 1. The number of hydrogen-bond acceptors (Lipinski definition) is 4. The molecule has 1 amide bonds. The van der Waals surface area contributed by atoms with Gasteiger partial charge in [0, 0.05) is 6.42 Å². The van der Waals surface area contributed by atoms with Gasteiger partial charge in [-0.1, -0.05) is 143 Å². The quantitative estimate of drug-likeness (QED) is 0.0693. The zero-order chi connectivity index (χ0) is 29.8. The van der Waals surface area contributed by atoms with Crippen molar-refractivity contribution in [2.45, 2.75) is 181 Å². The number of unbranched alkanes of at least 4 members (excludes halogenated alkanes) is 16. The van der Waals surface area contributed by atoms with Crippen molar-refractivity contribution in [1.29, 1.82) is 0 Å². The molecule has 0 bridgehead atoms. The lowest BCUT2D eigenvalue weighted by atomic mass is 10.0. The summed E-state index contributed by atoms with van der Waals surface area (Å²) in [5.41, 5.74) is 0. The molecule has 0 unspecified atom stereocenters. The van der Waals surface area contributed by atoms with E-state index in [-0.39, 0.29) is 18.3 Å². The second-order valence-electron chi connectivity index (χ2n) is 12.8. The molecule has 2 N–H and O–H groups in total. The molecule has 6 heteroatoms. The number of nitrogens with one attached hydrogen (secondary N) is 1. The number of esters is 1. The zero-order valence-electron chi connectivity index (χ0n) is 26.8. The Labute approximate surface area is 247 Å². The second-order valence-corrected chi connectivity index (χ2v) is 12.8. The first kappa shape index (κ1) is 38.4. The van der Waals surface area contributed by atoms with Crippen LogP contribution >= 0.6 is 0 Å². The van der Waals surface area contributed by atoms with Gasteiger partial charge in [0.25, 0.3) is 0 Å². The number of carbonyl (C=O) groups is 3. The zero-order valence-corrected chi connectivity index (χ0v) is 26.8. The molecule has 0 radical (unpaired) electrons. The molecule has 0 rings (SSSR count). The van der Waals surface area contributed by atoms with E-state index in [1.54, 1.807) is 0 Å². The van der Waals surface area contributed by atoms with E-state index in [4.69, 9.17) is 9.84 Å². The van der Waals surface area contributed by atoms with Gasteiger partial charge in [-0.05, 0) is 31.1 Å². The van der Waals surface area contributed by atoms with Crippen LogP contribution in [0.5, 0.6) is 0 Å². The largest absolute Gasteiger partial charge is 0.480 e. The molecule has 0 saturated heterocycles. The van der Waals surface area contributed by atoms with Crippen LogP contribution in [0.25, 0.3) is 0 Å². The minimum atomic E-state index is -1.08. The first-order valence-corrected chi connectivity index (χ1v) is 16.9. The van der Waals surface area contributed by atoms with Crippen molar-refractivity contribution in [1.82, 2.24) is 5.32 Å². The number of carboxylic acids is 1. The number of aliphatic carboxylic acids is 1. The van der Waals surface area contributed by atoms with Crippen molar-refractivity contribution in [3.8, 4) is 0 Å². The number of amides is 1. The number of hydrogen-bond donors (Lipinski definition) is 2. The van der Waals surface area contributed by atoms with Crippen molar-refractivity contribution >= 4 is 17.8 Å². The maximum absolute atomic E-state index is 12.5. The molecule has 0 spiro atoms. The molecule has 6 nitrogen and oxygen atoms in total. The normalized spacial score (nSPS) is 12.2. The SMILES string of the molecule is CC(C)CCCCCCCCCCCC(=O)O[C@H](CCCCCCCCCCCC(C)C)CC(=O)NCC(=O)O. The van der Waals surface area contributed by atoms with Gasteiger partial charge in [0.15, 0.2) is 0 Å². The van der Waals surface area contributed by atoms with Crippen molar-refractivity contribution < 1.29 is 24.2 Å². The summed E-state index contributed by atoms with van der Waals surface area (Å²) in [6.45, 7) is 8.74. The third-order valence-electron chi connectivity index (χ3n) is 7.62. The van der Waals surface area contributed by atoms with Crippen LogP contribution < -0.4 is 5.32 Å². The Morgan fingerprint density at radius 1 is 0.575 bits per heavy atom. The topological polar surface area (TPSA) is 92.7 Å². The molecule has 0 aliphatic carbocycles. The van der Waals surface area contributed by atoms with Crippen molar-refractivity contribution in [3.05, 3.63) is 0 Å². The van der Waals surface area contributed by atoms with Crippen molar-refractivity contribution in [2.24, 2.45) is 11.8 Å². The molecule has 0 saturated carbocycles. The predicted octanol–water partition coefficient (Wildman–Crippen LogP) is 9.38. The summed E-state index contributed by atoms with van der Waals surface area (Å²) in [7, 11) is 0. The first-order chi connectivity index (χ1) is 19.2. The first-order valence-electron chi connectivity index (χ1n) is 16.9. The molecule has 0 aromatic heterocycles. The minimum absolute atomic E-state index is 0.0343. The van der Waals surface area contributed by atoms with Crippen LogP contribution in [0, 0.1) is 11.8 Å². The van der Waals surface area contributed by atoms with E-state index in [0.29, 0.717) is 12.8 Å². The van der Waals surface area contributed by atoms with E-state index in [2.05, 4.69) is 33.0 Å². The molecule has 40 heavy (non-hydrogen) atoms. The summed E-state index contributed by atoms with van der Waals surface area (Å²) in [6, 6.07) is 0. The van der Waals surface area contributed by atoms with Crippen LogP contribution in [0.1, 0.15) is 175 Å². The Morgan fingerprint density at radius 3 is 1.35 bits per heavy atom. The highest BCUT2D eigenvalue weighted by Gasteiger charge is 2.18. The van der Waals surface area contributed by atoms with Gasteiger partial charge in [-0.25, -0.2) is 0 Å². The predicted molar refractivity (Wildman–Crippen MR) is 166 cm³/mol. The highest BCUT2D eigenvalue weighted by atomic mass is 16.5. The maximum Gasteiger partial charge on any atom is 0.322 e. The fraction of sp³-hybridized carbons (Fsp3) is 0.912. The van der Waals surface area contributed by atoms with Crippen LogP contribution in [-0.2, 0) is 19.1 Å². The van der Waals surface area contributed by atoms with Gasteiger partial charge in [-0.2, -0.15) is 0 Å². The highest BCUT2D eigenvalue weighted by Crippen LogP contribution is 2.17. The molecular formula is C34H65NO5. The third-order valence-corrected chi connectivity index (χ3v) is 7.62. The average molecular weight is 568 g/mol. The van der Waals surface area contributed by atoms with Crippen molar-refractivity contribution in [3.63, 3.8) is 0 Å². The van der Waals surface area contributed by atoms with E-state index in [1.807, 2.05) is 0 Å². The number of rotatable bonds is 29. The standard InChI is InChI=1S/C34H65NO5/c1-29(2)23-19-15-11-7-5-9-13-17-21-25-31(27-32(36)35-28-33(37)38)40-34(39)26-22-18-14-10-6-8-12-16-20-24-30(3)4/h29-31H,5-28H2,1-4H3,(H,35,36)(H,37,38)/t31-/m1/s1. The smallest absolute Gasteiger partial charge is 0.322 e. The Morgan fingerprint density at radius 2 is 0.950 bits per heavy atom. The average Bonchev–Trinajstić information content (AvgIpc) is 2.88.